The van der Waals surface area contributed by atoms with Gasteiger partial charge in [0, 0.05) is 6.54 Å². The largest absolute Gasteiger partial charge is 0.492 e. The van der Waals surface area contributed by atoms with E-state index in [1.54, 1.807) is 0 Å². The number of nitrogens with one attached hydrogen (secondary N) is 3. The number of piperidine rings is 1. The van der Waals surface area contributed by atoms with Crippen LogP contribution < -0.4 is 20.7 Å². The Kier molecular flexibility index (Phi) is 5.88. The molecular weight excluding hydrogens is 327 g/mol. The van der Waals surface area contributed by atoms with Crippen LogP contribution in [0.1, 0.15) is 18.4 Å². The third-order valence-corrected chi connectivity index (χ3v) is 3.43. The van der Waals surface area contributed by atoms with Crippen LogP contribution in [0.2, 0.25) is 0 Å². The first kappa shape index (κ1) is 17.9. The van der Waals surface area contributed by atoms with Crippen molar-refractivity contribution in [3.05, 3.63) is 29.8 Å². The molecule has 0 saturated carbocycles. The minimum atomic E-state index is -4.39. The summed E-state index contributed by atoms with van der Waals surface area (Å²) < 4.78 is 42.5. The van der Waals surface area contributed by atoms with Crippen molar-refractivity contribution in [2.45, 2.75) is 25.1 Å². The minimum Gasteiger partial charge on any atom is -0.492 e. The second-order valence-electron chi connectivity index (χ2n) is 5.26. The smallest absolute Gasteiger partial charge is 0.416 e. The Morgan fingerprint density at radius 1 is 1.29 bits per heavy atom. The summed E-state index contributed by atoms with van der Waals surface area (Å²) in [6.07, 6.45) is -3.00. The van der Waals surface area contributed by atoms with Gasteiger partial charge in [-0.2, -0.15) is 13.2 Å². The SMILES string of the molecule is O=C(NCCOc1ccc(C(F)(F)F)cc1)N[C@H]1CCCNC1=O. The molecule has 1 aliphatic rings. The molecule has 1 heterocycles. The number of carbonyl (C=O) groups is 2. The quantitative estimate of drug-likeness (QED) is 0.710. The Balaban J connectivity index is 1.67. The number of alkyl halides is 3. The van der Waals surface area contributed by atoms with Crippen LogP contribution in [0.15, 0.2) is 24.3 Å². The lowest BCUT2D eigenvalue weighted by Crippen LogP contribution is -2.53. The van der Waals surface area contributed by atoms with Crippen molar-refractivity contribution in [2.75, 3.05) is 19.7 Å². The van der Waals surface area contributed by atoms with Gasteiger partial charge in [-0.15, -0.1) is 0 Å². The average molecular weight is 345 g/mol. The van der Waals surface area contributed by atoms with Crippen molar-refractivity contribution >= 4 is 11.9 Å². The van der Waals surface area contributed by atoms with E-state index >= 15 is 0 Å². The molecule has 1 aromatic carbocycles. The van der Waals surface area contributed by atoms with E-state index in [2.05, 4.69) is 16.0 Å². The Morgan fingerprint density at radius 2 is 2.00 bits per heavy atom. The zero-order valence-electron chi connectivity index (χ0n) is 12.8. The van der Waals surface area contributed by atoms with E-state index in [1.807, 2.05) is 0 Å². The van der Waals surface area contributed by atoms with Crippen LogP contribution in [-0.4, -0.2) is 37.7 Å². The van der Waals surface area contributed by atoms with Gasteiger partial charge in [-0.3, -0.25) is 4.79 Å². The topological polar surface area (TPSA) is 79.5 Å². The number of urea groups is 1. The van der Waals surface area contributed by atoms with Crippen LogP contribution in [0.4, 0.5) is 18.0 Å². The predicted octanol–water partition coefficient (Wildman–Crippen LogP) is 1.66. The summed E-state index contributed by atoms with van der Waals surface area (Å²) in [5.74, 6) is 0.0641. The van der Waals surface area contributed by atoms with Crippen LogP contribution in [0, 0.1) is 0 Å². The second kappa shape index (κ2) is 7.89. The molecule has 0 unspecified atom stereocenters. The third kappa shape index (κ3) is 5.32. The highest BCUT2D eigenvalue weighted by Crippen LogP contribution is 2.30. The second-order valence-corrected chi connectivity index (χ2v) is 5.26. The molecule has 0 radical (unpaired) electrons. The molecule has 1 aromatic rings. The van der Waals surface area contributed by atoms with Crippen LogP contribution in [-0.2, 0) is 11.0 Å². The van der Waals surface area contributed by atoms with E-state index in [0.29, 0.717) is 13.0 Å². The molecule has 0 bridgehead atoms. The van der Waals surface area contributed by atoms with E-state index in [0.717, 1.165) is 18.6 Å². The van der Waals surface area contributed by atoms with Crippen molar-refractivity contribution in [1.82, 2.24) is 16.0 Å². The lowest BCUT2D eigenvalue weighted by molar-refractivity contribution is -0.137. The highest BCUT2D eigenvalue weighted by molar-refractivity contribution is 5.87. The maximum Gasteiger partial charge on any atom is 0.416 e. The van der Waals surface area contributed by atoms with Gasteiger partial charge >= 0.3 is 12.2 Å². The van der Waals surface area contributed by atoms with Gasteiger partial charge in [0.1, 0.15) is 18.4 Å². The van der Waals surface area contributed by atoms with Gasteiger partial charge in [0.2, 0.25) is 5.91 Å². The zero-order valence-corrected chi connectivity index (χ0v) is 12.8. The number of hydrogen-bond acceptors (Lipinski definition) is 3. The predicted molar refractivity (Wildman–Crippen MR) is 79.5 cm³/mol. The molecular formula is C15H18F3N3O3. The molecule has 1 fully saturated rings. The monoisotopic (exact) mass is 345 g/mol. The Morgan fingerprint density at radius 3 is 2.62 bits per heavy atom. The molecule has 1 saturated heterocycles. The van der Waals surface area contributed by atoms with E-state index in [9.17, 15) is 22.8 Å². The van der Waals surface area contributed by atoms with Crippen LogP contribution in [0.5, 0.6) is 5.75 Å². The lowest BCUT2D eigenvalue weighted by Gasteiger charge is -2.22. The van der Waals surface area contributed by atoms with E-state index in [4.69, 9.17) is 4.74 Å². The molecule has 6 nitrogen and oxygen atoms in total. The summed E-state index contributed by atoms with van der Waals surface area (Å²) >= 11 is 0. The maximum absolute atomic E-state index is 12.4. The number of carbonyl (C=O) groups excluding carboxylic acids is 2. The number of ether oxygens (including phenoxy) is 1. The summed E-state index contributed by atoms with van der Waals surface area (Å²) in [7, 11) is 0. The first-order valence-corrected chi connectivity index (χ1v) is 7.48. The van der Waals surface area contributed by atoms with Gasteiger partial charge in [0.25, 0.3) is 0 Å². The highest BCUT2D eigenvalue weighted by atomic mass is 19.4. The van der Waals surface area contributed by atoms with Crippen molar-refractivity contribution in [1.29, 1.82) is 0 Å². The molecule has 0 aromatic heterocycles. The van der Waals surface area contributed by atoms with Gasteiger partial charge in [-0.05, 0) is 37.1 Å². The van der Waals surface area contributed by atoms with Crippen LogP contribution in [0.25, 0.3) is 0 Å². The van der Waals surface area contributed by atoms with Gasteiger partial charge in [-0.1, -0.05) is 0 Å². The summed E-state index contributed by atoms with van der Waals surface area (Å²) in [5, 5.41) is 7.73. The van der Waals surface area contributed by atoms with E-state index in [-0.39, 0.29) is 24.8 Å². The first-order valence-electron chi connectivity index (χ1n) is 7.48. The van der Waals surface area contributed by atoms with E-state index < -0.39 is 23.8 Å². The molecule has 3 N–H and O–H groups in total. The van der Waals surface area contributed by atoms with Gasteiger partial charge in [-0.25, -0.2) is 4.79 Å². The average Bonchev–Trinajstić information content (AvgIpc) is 2.53. The molecule has 132 valence electrons. The fourth-order valence-corrected chi connectivity index (χ4v) is 2.19. The number of hydrogen-bond donors (Lipinski definition) is 3. The van der Waals surface area contributed by atoms with Crippen molar-refractivity contribution < 1.29 is 27.5 Å². The summed E-state index contributed by atoms with van der Waals surface area (Å²) in [6.45, 7) is 0.858. The maximum atomic E-state index is 12.4. The lowest BCUT2D eigenvalue weighted by atomic mass is 10.1. The number of rotatable bonds is 5. The molecule has 24 heavy (non-hydrogen) atoms. The van der Waals surface area contributed by atoms with Crippen molar-refractivity contribution in [2.24, 2.45) is 0 Å². The standard InChI is InChI=1S/C15H18F3N3O3/c16-15(17,18)10-3-5-11(6-4-10)24-9-8-20-14(23)21-12-2-1-7-19-13(12)22/h3-6,12H,1-2,7-9H2,(H,19,22)(H2,20,21,23)/t12-/m0/s1. The van der Waals surface area contributed by atoms with Crippen LogP contribution >= 0.6 is 0 Å². The first-order chi connectivity index (χ1) is 11.4. The molecule has 2 rings (SSSR count). The minimum absolute atomic E-state index is 0.0929. The van der Waals surface area contributed by atoms with Crippen molar-refractivity contribution in [3.63, 3.8) is 0 Å². The third-order valence-electron chi connectivity index (χ3n) is 3.43. The molecule has 3 amide bonds. The molecule has 9 heteroatoms. The van der Waals surface area contributed by atoms with Crippen molar-refractivity contribution in [3.8, 4) is 5.75 Å². The Labute approximate surface area is 136 Å². The summed E-state index contributed by atoms with van der Waals surface area (Å²) in [4.78, 5) is 23.1. The van der Waals surface area contributed by atoms with E-state index in [1.165, 1.54) is 12.1 Å². The van der Waals surface area contributed by atoms with Gasteiger partial charge in [0.05, 0.1) is 12.1 Å². The number of amides is 3. The normalized spacial score (nSPS) is 17.8. The fraction of sp³-hybridized carbons (Fsp3) is 0.467. The molecule has 0 aliphatic carbocycles. The summed E-state index contributed by atoms with van der Waals surface area (Å²) in [6, 6.07) is 3.25. The van der Waals surface area contributed by atoms with Crippen LogP contribution in [0.3, 0.4) is 0 Å². The Bertz CT molecular complexity index is 576. The van der Waals surface area contributed by atoms with Gasteiger partial charge < -0.3 is 20.7 Å². The number of benzene rings is 1. The molecule has 1 atom stereocenters. The molecule has 0 spiro atoms. The fourth-order valence-electron chi connectivity index (χ4n) is 2.19. The highest BCUT2D eigenvalue weighted by Gasteiger charge is 2.30. The number of halogens is 3. The summed E-state index contributed by atoms with van der Waals surface area (Å²) in [5.41, 5.74) is -0.752. The van der Waals surface area contributed by atoms with Gasteiger partial charge in [0.15, 0.2) is 0 Å². The Hall–Kier alpha value is -2.45. The molecule has 1 aliphatic heterocycles. The zero-order chi connectivity index (χ0) is 17.6.